The summed E-state index contributed by atoms with van der Waals surface area (Å²) in [7, 11) is 1.68. The van der Waals surface area contributed by atoms with Gasteiger partial charge in [0.05, 0.1) is 6.61 Å². The van der Waals surface area contributed by atoms with Crippen LogP contribution in [0.4, 0.5) is 0 Å². The summed E-state index contributed by atoms with van der Waals surface area (Å²) >= 11 is 0. The normalized spacial score (nSPS) is 17.6. The summed E-state index contributed by atoms with van der Waals surface area (Å²) in [6.45, 7) is 1.20. The molecule has 0 radical (unpaired) electrons. The number of allylic oxidation sites excluding steroid dienone is 2. The molecule has 3 heteroatoms. The number of hydrogen-bond acceptors (Lipinski definition) is 2. The molecule has 0 bridgehead atoms. The van der Waals surface area contributed by atoms with E-state index in [1.54, 1.807) is 7.11 Å². The zero-order valence-corrected chi connectivity index (χ0v) is 11.4. The van der Waals surface area contributed by atoms with Crippen molar-refractivity contribution >= 4 is 5.91 Å². The molecule has 3 nitrogen and oxygen atoms in total. The molecule has 0 saturated carbocycles. The molecule has 0 aliphatic heterocycles. The van der Waals surface area contributed by atoms with Crippen molar-refractivity contribution in [2.45, 2.75) is 32.4 Å². The zero-order valence-electron chi connectivity index (χ0n) is 11.4. The number of nitrogens with one attached hydrogen (secondary N) is 1. The van der Waals surface area contributed by atoms with Gasteiger partial charge in [0.2, 0.25) is 5.91 Å². The van der Waals surface area contributed by atoms with Crippen molar-refractivity contribution in [3.8, 4) is 0 Å². The summed E-state index contributed by atoms with van der Waals surface area (Å²) in [4.78, 5) is 11.8. The number of rotatable bonds is 6. The van der Waals surface area contributed by atoms with Crippen molar-refractivity contribution in [2.24, 2.45) is 5.92 Å². The highest BCUT2D eigenvalue weighted by atomic mass is 16.5. The minimum Gasteiger partial charge on any atom is -0.380 e. The van der Waals surface area contributed by atoms with Crippen molar-refractivity contribution in [3.05, 3.63) is 47.5 Å². The molecule has 0 heterocycles. The van der Waals surface area contributed by atoms with Crippen LogP contribution in [0.1, 0.15) is 30.4 Å². The minimum absolute atomic E-state index is 0.133. The van der Waals surface area contributed by atoms with Crippen molar-refractivity contribution in [1.29, 1.82) is 0 Å². The monoisotopic (exact) mass is 259 g/mol. The third kappa shape index (κ3) is 4.52. The van der Waals surface area contributed by atoms with Crippen LogP contribution in [-0.2, 0) is 22.7 Å². The lowest BCUT2D eigenvalue weighted by atomic mass is 10.0. The largest absolute Gasteiger partial charge is 0.380 e. The molecule has 1 aliphatic carbocycles. The van der Waals surface area contributed by atoms with Gasteiger partial charge in [0.15, 0.2) is 0 Å². The van der Waals surface area contributed by atoms with Crippen molar-refractivity contribution in [1.82, 2.24) is 5.32 Å². The van der Waals surface area contributed by atoms with Gasteiger partial charge >= 0.3 is 0 Å². The molecule has 19 heavy (non-hydrogen) atoms. The van der Waals surface area contributed by atoms with Crippen LogP contribution in [0, 0.1) is 5.92 Å². The average Bonchev–Trinajstić information content (AvgIpc) is 2.90. The summed E-state index contributed by atoms with van der Waals surface area (Å²) in [6.07, 6.45) is 7.13. The van der Waals surface area contributed by atoms with Crippen LogP contribution in [-0.4, -0.2) is 13.0 Å². The minimum atomic E-state index is 0.133. The molecule has 1 aliphatic rings. The predicted molar refractivity (Wildman–Crippen MR) is 75.5 cm³/mol. The van der Waals surface area contributed by atoms with Crippen LogP contribution < -0.4 is 5.32 Å². The molecular formula is C16H21NO2. The maximum atomic E-state index is 11.8. The summed E-state index contributed by atoms with van der Waals surface area (Å²) in [5.41, 5.74) is 2.25. The second kappa shape index (κ2) is 7.10. The van der Waals surface area contributed by atoms with Gasteiger partial charge in [-0.15, -0.1) is 0 Å². The standard InChI is InChI=1S/C16H21NO2/c1-19-12-15-8-4-7-14(9-15)11-17-16(18)10-13-5-2-3-6-13/h2,4-5,7-9,13H,3,6,10-12H2,1H3,(H,17,18). The highest BCUT2D eigenvalue weighted by Crippen LogP contribution is 2.20. The van der Waals surface area contributed by atoms with E-state index in [1.807, 2.05) is 18.2 Å². The highest BCUT2D eigenvalue weighted by Gasteiger charge is 2.13. The fraction of sp³-hybridized carbons (Fsp3) is 0.438. The Morgan fingerprint density at radius 2 is 2.26 bits per heavy atom. The molecule has 1 amide bonds. The first kappa shape index (κ1) is 13.8. The topological polar surface area (TPSA) is 38.3 Å². The Morgan fingerprint density at radius 3 is 3.00 bits per heavy atom. The molecule has 2 rings (SSSR count). The Bertz CT molecular complexity index is 454. The fourth-order valence-corrected chi connectivity index (χ4v) is 2.37. The van der Waals surface area contributed by atoms with E-state index in [-0.39, 0.29) is 5.91 Å². The van der Waals surface area contributed by atoms with Crippen LogP contribution in [0.2, 0.25) is 0 Å². The van der Waals surface area contributed by atoms with Gasteiger partial charge in [0.1, 0.15) is 0 Å². The van der Waals surface area contributed by atoms with E-state index in [0.717, 1.165) is 24.0 Å². The smallest absolute Gasteiger partial charge is 0.220 e. The van der Waals surface area contributed by atoms with Crippen molar-refractivity contribution < 1.29 is 9.53 Å². The van der Waals surface area contributed by atoms with E-state index in [4.69, 9.17) is 4.74 Å². The number of carbonyl (C=O) groups is 1. The van der Waals surface area contributed by atoms with Gasteiger partial charge in [-0.05, 0) is 29.9 Å². The number of hydrogen-bond donors (Lipinski definition) is 1. The maximum Gasteiger partial charge on any atom is 0.220 e. The van der Waals surface area contributed by atoms with E-state index in [2.05, 4.69) is 23.5 Å². The summed E-state index contributed by atoms with van der Waals surface area (Å²) in [6, 6.07) is 8.11. The van der Waals surface area contributed by atoms with E-state index >= 15 is 0 Å². The lowest BCUT2D eigenvalue weighted by molar-refractivity contribution is -0.121. The van der Waals surface area contributed by atoms with Gasteiger partial charge in [0, 0.05) is 20.1 Å². The molecule has 0 fully saturated rings. The van der Waals surface area contributed by atoms with Gasteiger partial charge in [-0.2, -0.15) is 0 Å². The molecule has 1 atom stereocenters. The molecule has 0 aromatic heterocycles. The van der Waals surface area contributed by atoms with E-state index in [9.17, 15) is 4.79 Å². The highest BCUT2D eigenvalue weighted by molar-refractivity contribution is 5.76. The average molecular weight is 259 g/mol. The first-order chi connectivity index (χ1) is 9.28. The second-order valence-electron chi connectivity index (χ2n) is 5.00. The van der Waals surface area contributed by atoms with Gasteiger partial charge in [0.25, 0.3) is 0 Å². The number of benzene rings is 1. The van der Waals surface area contributed by atoms with Crippen LogP contribution in [0.25, 0.3) is 0 Å². The quantitative estimate of drug-likeness (QED) is 0.798. The van der Waals surface area contributed by atoms with Gasteiger partial charge in [-0.25, -0.2) is 0 Å². The van der Waals surface area contributed by atoms with Crippen LogP contribution in [0.5, 0.6) is 0 Å². The Kier molecular flexibility index (Phi) is 5.16. The van der Waals surface area contributed by atoms with Gasteiger partial charge in [-0.1, -0.05) is 36.4 Å². The summed E-state index contributed by atoms with van der Waals surface area (Å²) in [5.74, 6) is 0.563. The lowest BCUT2D eigenvalue weighted by Crippen LogP contribution is -2.24. The first-order valence-electron chi connectivity index (χ1n) is 6.78. The van der Waals surface area contributed by atoms with E-state index < -0.39 is 0 Å². The van der Waals surface area contributed by atoms with E-state index in [0.29, 0.717) is 25.5 Å². The zero-order chi connectivity index (χ0) is 13.5. The molecule has 1 aromatic carbocycles. The molecule has 1 N–H and O–H groups in total. The Balaban J connectivity index is 1.79. The summed E-state index contributed by atoms with van der Waals surface area (Å²) in [5, 5.41) is 2.98. The molecule has 0 spiro atoms. The number of methoxy groups -OCH3 is 1. The van der Waals surface area contributed by atoms with Crippen molar-refractivity contribution in [3.63, 3.8) is 0 Å². The van der Waals surface area contributed by atoms with Gasteiger partial charge < -0.3 is 10.1 Å². The summed E-state index contributed by atoms with van der Waals surface area (Å²) < 4.78 is 5.10. The third-order valence-corrected chi connectivity index (χ3v) is 3.35. The molecule has 1 unspecified atom stereocenters. The third-order valence-electron chi connectivity index (χ3n) is 3.35. The SMILES string of the molecule is COCc1cccc(CNC(=O)CC2C=CCC2)c1. The fourth-order valence-electron chi connectivity index (χ4n) is 2.37. The second-order valence-corrected chi connectivity index (χ2v) is 5.00. The number of ether oxygens (including phenoxy) is 1. The maximum absolute atomic E-state index is 11.8. The molecule has 102 valence electrons. The van der Waals surface area contributed by atoms with Crippen LogP contribution in [0.15, 0.2) is 36.4 Å². The predicted octanol–water partition coefficient (Wildman–Crippen LogP) is 2.81. The molecular weight excluding hydrogens is 238 g/mol. The molecule has 1 aromatic rings. The Hall–Kier alpha value is -1.61. The van der Waals surface area contributed by atoms with Crippen molar-refractivity contribution in [2.75, 3.05) is 7.11 Å². The van der Waals surface area contributed by atoms with Crippen LogP contribution in [0.3, 0.4) is 0 Å². The first-order valence-corrected chi connectivity index (χ1v) is 6.78. The van der Waals surface area contributed by atoms with E-state index in [1.165, 1.54) is 0 Å². The van der Waals surface area contributed by atoms with Gasteiger partial charge in [-0.3, -0.25) is 4.79 Å². The van der Waals surface area contributed by atoms with Crippen LogP contribution >= 0.6 is 0 Å². The Morgan fingerprint density at radius 1 is 1.42 bits per heavy atom. The number of amides is 1. The lowest BCUT2D eigenvalue weighted by Gasteiger charge is -2.09. The molecule has 0 saturated heterocycles. The number of carbonyl (C=O) groups excluding carboxylic acids is 1. The Labute approximate surface area is 114 Å².